The van der Waals surface area contributed by atoms with Gasteiger partial charge in [0.25, 0.3) is 0 Å². The Labute approximate surface area is 102 Å². The third kappa shape index (κ3) is 1.75. The summed E-state index contributed by atoms with van der Waals surface area (Å²) in [6.45, 7) is 2.51. The van der Waals surface area contributed by atoms with E-state index in [1.54, 1.807) is 0 Å². The molecular formula is C11H12BrN3O. The van der Waals surface area contributed by atoms with Gasteiger partial charge in [-0.25, -0.2) is 4.98 Å². The van der Waals surface area contributed by atoms with Crippen molar-refractivity contribution in [1.82, 2.24) is 14.7 Å². The minimum atomic E-state index is 0.0700. The number of hydrogen-bond acceptors (Lipinski definition) is 3. The number of morpholine rings is 1. The van der Waals surface area contributed by atoms with Gasteiger partial charge in [-0.3, -0.25) is 0 Å². The SMILES string of the molecule is Brc1cccn2cc(C3CNCCO3)nc12. The topological polar surface area (TPSA) is 38.6 Å². The van der Waals surface area contributed by atoms with Crippen LogP contribution in [0.3, 0.4) is 0 Å². The van der Waals surface area contributed by atoms with Crippen LogP contribution in [0.25, 0.3) is 5.65 Å². The molecule has 16 heavy (non-hydrogen) atoms. The molecule has 0 radical (unpaired) electrons. The Morgan fingerprint density at radius 2 is 2.50 bits per heavy atom. The lowest BCUT2D eigenvalue weighted by molar-refractivity contribution is 0.0253. The number of ether oxygens (including phenoxy) is 1. The van der Waals surface area contributed by atoms with Crippen LogP contribution in [0, 0.1) is 0 Å². The number of halogens is 1. The van der Waals surface area contributed by atoms with E-state index in [0.717, 1.165) is 35.5 Å². The van der Waals surface area contributed by atoms with Gasteiger partial charge in [-0.2, -0.15) is 0 Å². The number of aromatic nitrogens is 2. The molecule has 1 N–H and O–H groups in total. The summed E-state index contributed by atoms with van der Waals surface area (Å²) < 4.78 is 8.70. The molecule has 2 aromatic heterocycles. The molecule has 2 aromatic rings. The van der Waals surface area contributed by atoms with Crippen molar-refractivity contribution in [3.05, 3.63) is 34.7 Å². The largest absolute Gasteiger partial charge is 0.369 e. The second kappa shape index (κ2) is 4.16. The number of hydrogen-bond donors (Lipinski definition) is 1. The van der Waals surface area contributed by atoms with Crippen LogP contribution in [-0.2, 0) is 4.74 Å². The molecule has 1 saturated heterocycles. The predicted molar refractivity (Wildman–Crippen MR) is 64.5 cm³/mol. The summed E-state index contributed by atoms with van der Waals surface area (Å²) >= 11 is 3.49. The summed E-state index contributed by atoms with van der Waals surface area (Å²) in [7, 11) is 0. The standard InChI is InChI=1S/C11H12BrN3O/c12-8-2-1-4-15-7-9(14-11(8)15)10-6-13-3-5-16-10/h1-2,4,7,10,13H,3,5-6H2. The van der Waals surface area contributed by atoms with Gasteiger partial charge < -0.3 is 14.5 Å². The van der Waals surface area contributed by atoms with Gasteiger partial charge in [-0.15, -0.1) is 0 Å². The minimum absolute atomic E-state index is 0.0700. The first-order valence-corrected chi connectivity index (χ1v) is 6.09. The lowest BCUT2D eigenvalue weighted by Crippen LogP contribution is -2.33. The molecule has 0 saturated carbocycles. The van der Waals surface area contributed by atoms with Crippen molar-refractivity contribution in [2.45, 2.75) is 6.10 Å². The molecule has 0 bridgehead atoms. The third-order valence-corrected chi connectivity index (χ3v) is 3.33. The highest BCUT2D eigenvalue weighted by molar-refractivity contribution is 9.10. The monoisotopic (exact) mass is 281 g/mol. The zero-order valence-electron chi connectivity index (χ0n) is 8.69. The van der Waals surface area contributed by atoms with Crippen LogP contribution in [-0.4, -0.2) is 29.1 Å². The maximum Gasteiger partial charge on any atom is 0.151 e. The lowest BCUT2D eigenvalue weighted by atomic mass is 10.2. The molecule has 0 aliphatic carbocycles. The molecule has 1 fully saturated rings. The fourth-order valence-electron chi connectivity index (χ4n) is 1.91. The molecular weight excluding hydrogens is 270 g/mol. The van der Waals surface area contributed by atoms with Crippen LogP contribution in [0.4, 0.5) is 0 Å². The van der Waals surface area contributed by atoms with E-state index in [-0.39, 0.29) is 6.10 Å². The average Bonchev–Trinajstić information content (AvgIpc) is 2.76. The van der Waals surface area contributed by atoms with Gasteiger partial charge in [-0.05, 0) is 28.1 Å². The number of rotatable bonds is 1. The highest BCUT2D eigenvalue weighted by Crippen LogP contribution is 2.22. The Hall–Kier alpha value is -0.910. The van der Waals surface area contributed by atoms with E-state index in [1.807, 2.05) is 28.9 Å². The summed E-state index contributed by atoms with van der Waals surface area (Å²) in [6.07, 6.45) is 4.09. The van der Waals surface area contributed by atoms with Gasteiger partial charge in [-0.1, -0.05) is 0 Å². The van der Waals surface area contributed by atoms with E-state index < -0.39 is 0 Å². The van der Waals surface area contributed by atoms with Crippen LogP contribution in [0.1, 0.15) is 11.8 Å². The molecule has 1 unspecified atom stereocenters. The van der Waals surface area contributed by atoms with E-state index in [0.29, 0.717) is 0 Å². The molecule has 84 valence electrons. The van der Waals surface area contributed by atoms with Crippen molar-refractivity contribution in [1.29, 1.82) is 0 Å². The van der Waals surface area contributed by atoms with E-state index in [1.165, 1.54) is 0 Å². The zero-order valence-corrected chi connectivity index (χ0v) is 10.3. The smallest absolute Gasteiger partial charge is 0.151 e. The Morgan fingerprint density at radius 1 is 1.56 bits per heavy atom. The molecule has 4 nitrogen and oxygen atoms in total. The first-order valence-electron chi connectivity index (χ1n) is 5.30. The second-order valence-electron chi connectivity index (χ2n) is 3.82. The summed E-state index contributed by atoms with van der Waals surface area (Å²) in [6, 6.07) is 3.98. The van der Waals surface area contributed by atoms with Crippen LogP contribution < -0.4 is 5.32 Å². The average molecular weight is 282 g/mol. The van der Waals surface area contributed by atoms with E-state index in [9.17, 15) is 0 Å². The highest BCUT2D eigenvalue weighted by Gasteiger charge is 2.19. The number of nitrogens with one attached hydrogen (secondary N) is 1. The molecule has 0 spiro atoms. The molecule has 0 aromatic carbocycles. The van der Waals surface area contributed by atoms with Crippen LogP contribution in [0.5, 0.6) is 0 Å². The van der Waals surface area contributed by atoms with Crippen molar-refractivity contribution < 1.29 is 4.74 Å². The molecule has 3 rings (SSSR count). The maximum atomic E-state index is 5.68. The summed E-state index contributed by atoms with van der Waals surface area (Å²) in [5.74, 6) is 0. The summed E-state index contributed by atoms with van der Waals surface area (Å²) in [4.78, 5) is 4.59. The number of nitrogens with zero attached hydrogens (tertiary/aromatic N) is 2. The highest BCUT2D eigenvalue weighted by atomic mass is 79.9. The molecule has 1 aliphatic heterocycles. The van der Waals surface area contributed by atoms with Gasteiger partial charge in [0, 0.05) is 25.5 Å². The summed E-state index contributed by atoms with van der Waals surface area (Å²) in [5.41, 5.74) is 1.92. The number of pyridine rings is 1. The fourth-order valence-corrected chi connectivity index (χ4v) is 2.35. The maximum absolute atomic E-state index is 5.68. The first-order chi connectivity index (χ1) is 7.84. The Morgan fingerprint density at radius 3 is 3.25 bits per heavy atom. The first kappa shape index (κ1) is 10.3. The van der Waals surface area contributed by atoms with E-state index in [4.69, 9.17) is 4.74 Å². The van der Waals surface area contributed by atoms with Gasteiger partial charge >= 0.3 is 0 Å². The third-order valence-electron chi connectivity index (χ3n) is 2.71. The van der Waals surface area contributed by atoms with Crippen LogP contribution >= 0.6 is 15.9 Å². The molecule has 0 amide bonds. The fraction of sp³-hybridized carbons (Fsp3) is 0.364. The zero-order chi connectivity index (χ0) is 11.0. The van der Waals surface area contributed by atoms with Gasteiger partial charge in [0.2, 0.25) is 0 Å². The molecule has 1 aliphatic rings. The van der Waals surface area contributed by atoms with Crippen molar-refractivity contribution in [2.75, 3.05) is 19.7 Å². The predicted octanol–water partition coefficient (Wildman–Crippen LogP) is 1.76. The minimum Gasteiger partial charge on any atom is -0.369 e. The summed E-state index contributed by atoms with van der Waals surface area (Å²) in [5, 5.41) is 3.31. The molecule has 5 heteroatoms. The Kier molecular flexibility index (Phi) is 2.67. The van der Waals surface area contributed by atoms with E-state index in [2.05, 4.69) is 26.2 Å². The van der Waals surface area contributed by atoms with Crippen molar-refractivity contribution >= 4 is 21.6 Å². The number of imidazole rings is 1. The molecule has 1 atom stereocenters. The molecule has 3 heterocycles. The quantitative estimate of drug-likeness (QED) is 0.866. The second-order valence-corrected chi connectivity index (χ2v) is 4.67. The van der Waals surface area contributed by atoms with Crippen molar-refractivity contribution in [3.8, 4) is 0 Å². The van der Waals surface area contributed by atoms with Gasteiger partial charge in [0.05, 0.1) is 16.8 Å². The van der Waals surface area contributed by atoms with E-state index >= 15 is 0 Å². The Balaban J connectivity index is 2.01. The van der Waals surface area contributed by atoms with Crippen molar-refractivity contribution in [3.63, 3.8) is 0 Å². The number of fused-ring (bicyclic) bond motifs is 1. The Bertz CT molecular complexity index is 505. The van der Waals surface area contributed by atoms with Crippen LogP contribution in [0.15, 0.2) is 29.0 Å². The lowest BCUT2D eigenvalue weighted by Gasteiger charge is -2.21. The van der Waals surface area contributed by atoms with Crippen LogP contribution in [0.2, 0.25) is 0 Å². The van der Waals surface area contributed by atoms with Gasteiger partial charge in [0.15, 0.2) is 5.65 Å². The van der Waals surface area contributed by atoms with Gasteiger partial charge in [0.1, 0.15) is 6.10 Å². The normalized spacial score (nSPS) is 21.4. The van der Waals surface area contributed by atoms with Crippen molar-refractivity contribution in [2.24, 2.45) is 0 Å².